The minimum atomic E-state index is 0.232. The van der Waals surface area contributed by atoms with Crippen LogP contribution in [0.25, 0.3) is 11.2 Å². The Morgan fingerprint density at radius 1 is 1.47 bits per heavy atom. The quantitative estimate of drug-likeness (QED) is 0.851. The zero-order valence-electron chi connectivity index (χ0n) is 10.2. The second kappa shape index (κ2) is 4.87. The first-order valence-electron chi connectivity index (χ1n) is 5.69. The molecule has 0 spiro atoms. The summed E-state index contributed by atoms with van der Waals surface area (Å²) in [6.45, 7) is 5.32. The third kappa shape index (κ3) is 2.49. The Hall–Kier alpha value is -1.36. The van der Waals surface area contributed by atoms with E-state index in [9.17, 15) is 0 Å². The van der Waals surface area contributed by atoms with E-state index in [1.807, 2.05) is 7.05 Å². The molecule has 0 amide bonds. The van der Waals surface area contributed by atoms with Gasteiger partial charge in [0.2, 0.25) is 5.28 Å². The number of H-pyrrole nitrogens is 1. The van der Waals surface area contributed by atoms with Gasteiger partial charge in [0.25, 0.3) is 0 Å². The predicted molar refractivity (Wildman–Crippen MR) is 69.4 cm³/mol. The van der Waals surface area contributed by atoms with E-state index in [-0.39, 0.29) is 5.28 Å². The second-order valence-electron chi connectivity index (χ2n) is 4.31. The maximum Gasteiger partial charge on any atom is 0.226 e. The largest absolute Gasteiger partial charge is 0.357 e. The van der Waals surface area contributed by atoms with Crippen LogP contribution in [0.4, 0.5) is 5.82 Å². The topological polar surface area (TPSA) is 57.7 Å². The Bertz CT molecular complexity index is 510. The number of hydrogen-bond donors (Lipinski definition) is 1. The molecule has 0 fully saturated rings. The maximum absolute atomic E-state index is 5.89. The zero-order valence-corrected chi connectivity index (χ0v) is 11.0. The first-order valence-corrected chi connectivity index (χ1v) is 6.07. The fraction of sp³-hybridized carbons (Fsp3) is 0.545. The Morgan fingerprint density at radius 3 is 2.94 bits per heavy atom. The molecule has 1 atom stereocenters. The van der Waals surface area contributed by atoms with Crippen LogP contribution in [0.5, 0.6) is 0 Å². The molecule has 0 aliphatic rings. The Labute approximate surface area is 105 Å². The fourth-order valence-electron chi connectivity index (χ4n) is 1.75. The van der Waals surface area contributed by atoms with E-state index in [1.165, 1.54) is 0 Å². The van der Waals surface area contributed by atoms with Crippen molar-refractivity contribution in [2.24, 2.45) is 5.92 Å². The molecule has 0 saturated carbocycles. The van der Waals surface area contributed by atoms with Crippen LogP contribution >= 0.6 is 11.6 Å². The van der Waals surface area contributed by atoms with Gasteiger partial charge in [-0.1, -0.05) is 20.3 Å². The Morgan fingerprint density at radius 2 is 2.24 bits per heavy atom. The highest BCUT2D eigenvalue weighted by Gasteiger charge is 2.14. The first-order chi connectivity index (χ1) is 8.11. The molecule has 2 aromatic heterocycles. The molecular weight excluding hydrogens is 238 g/mol. The molecule has 5 nitrogen and oxygen atoms in total. The van der Waals surface area contributed by atoms with E-state index >= 15 is 0 Å². The SMILES string of the molecule is CCC(C)CN(C)c1nc(Cl)nc2nc[nH]c12. The summed E-state index contributed by atoms with van der Waals surface area (Å²) in [7, 11) is 2.01. The molecule has 6 heteroatoms. The molecule has 92 valence electrons. The van der Waals surface area contributed by atoms with Gasteiger partial charge in [-0.3, -0.25) is 0 Å². The lowest BCUT2D eigenvalue weighted by atomic mass is 10.1. The van der Waals surface area contributed by atoms with Crippen molar-refractivity contribution in [1.82, 2.24) is 19.9 Å². The number of nitrogens with one attached hydrogen (secondary N) is 1. The number of rotatable bonds is 4. The lowest BCUT2D eigenvalue weighted by Crippen LogP contribution is -2.25. The summed E-state index contributed by atoms with van der Waals surface area (Å²) in [6.07, 6.45) is 2.74. The minimum absolute atomic E-state index is 0.232. The summed E-state index contributed by atoms with van der Waals surface area (Å²) in [5.74, 6) is 1.41. The van der Waals surface area contributed by atoms with Gasteiger partial charge in [0, 0.05) is 13.6 Å². The highest BCUT2D eigenvalue weighted by Crippen LogP contribution is 2.22. The van der Waals surface area contributed by atoms with Gasteiger partial charge in [0.05, 0.1) is 6.33 Å². The van der Waals surface area contributed by atoms with Crippen LogP contribution in [0, 0.1) is 5.92 Å². The van der Waals surface area contributed by atoms with Crippen molar-refractivity contribution in [2.45, 2.75) is 20.3 Å². The van der Waals surface area contributed by atoms with Crippen LogP contribution in [0.15, 0.2) is 6.33 Å². The molecule has 2 rings (SSSR count). The van der Waals surface area contributed by atoms with Crippen LogP contribution in [-0.2, 0) is 0 Å². The molecule has 0 aliphatic heterocycles. The van der Waals surface area contributed by atoms with Crippen LogP contribution in [0.1, 0.15) is 20.3 Å². The fourth-order valence-corrected chi connectivity index (χ4v) is 1.91. The summed E-state index contributed by atoms with van der Waals surface area (Å²) in [5, 5.41) is 0.232. The molecule has 0 aliphatic carbocycles. The number of imidazole rings is 1. The summed E-state index contributed by atoms with van der Waals surface area (Å²) in [5.41, 5.74) is 1.44. The lowest BCUT2D eigenvalue weighted by molar-refractivity contribution is 0.558. The Balaban J connectivity index is 2.36. The lowest BCUT2D eigenvalue weighted by Gasteiger charge is -2.21. The van der Waals surface area contributed by atoms with E-state index in [2.05, 4.69) is 38.7 Å². The number of hydrogen-bond acceptors (Lipinski definition) is 4. The molecule has 0 bridgehead atoms. The summed E-state index contributed by atoms with van der Waals surface area (Å²) in [6, 6.07) is 0. The number of aromatic amines is 1. The highest BCUT2D eigenvalue weighted by atomic mass is 35.5. The average molecular weight is 254 g/mol. The van der Waals surface area contributed by atoms with Crippen LogP contribution < -0.4 is 4.90 Å². The van der Waals surface area contributed by atoms with Gasteiger partial charge in [0.1, 0.15) is 5.52 Å². The van der Waals surface area contributed by atoms with Crippen LogP contribution in [-0.4, -0.2) is 33.5 Å². The van der Waals surface area contributed by atoms with Gasteiger partial charge >= 0.3 is 0 Å². The van der Waals surface area contributed by atoms with E-state index in [1.54, 1.807) is 6.33 Å². The average Bonchev–Trinajstić information content (AvgIpc) is 2.75. The van der Waals surface area contributed by atoms with Gasteiger partial charge < -0.3 is 9.88 Å². The number of anilines is 1. The first kappa shape index (κ1) is 12.1. The normalized spacial score (nSPS) is 12.9. The molecule has 1 unspecified atom stereocenters. The molecule has 0 aromatic carbocycles. The van der Waals surface area contributed by atoms with Gasteiger partial charge in [-0.25, -0.2) is 4.98 Å². The summed E-state index contributed by atoms with van der Waals surface area (Å²) in [4.78, 5) is 17.6. The zero-order chi connectivity index (χ0) is 12.4. The highest BCUT2D eigenvalue weighted by molar-refractivity contribution is 6.28. The van der Waals surface area contributed by atoms with E-state index in [4.69, 9.17) is 11.6 Å². The van der Waals surface area contributed by atoms with Crippen molar-refractivity contribution in [3.05, 3.63) is 11.6 Å². The van der Waals surface area contributed by atoms with Gasteiger partial charge in [-0.05, 0) is 17.5 Å². The smallest absolute Gasteiger partial charge is 0.226 e. The van der Waals surface area contributed by atoms with Gasteiger partial charge in [-0.15, -0.1) is 0 Å². The van der Waals surface area contributed by atoms with Crippen molar-refractivity contribution in [3.8, 4) is 0 Å². The van der Waals surface area contributed by atoms with Crippen molar-refractivity contribution in [3.63, 3.8) is 0 Å². The number of halogens is 1. The van der Waals surface area contributed by atoms with Gasteiger partial charge in [0.15, 0.2) is 11.5 Å². The predicted octanol–water partition coefficient (Wildman–Crippen LogP) is 2.49. The van der Waals surface area contributed by atoms with E-state index in [0.29, 0.717) is 11.6 Å². The number of nitrogens with zero attached hydrogens (tertiary/aromatic N) is 4. The number of fused-ring (bicyclic) bond motifs is 1. The molecule has 2 heterocycles. The monoisotopic (exact) mass is 253 g/mol. The summed E-state index contributed by atoms with van der Waals surface area (Å²) >= 11 is 5.89. The molecule has 0 radical (unpaired) electrons. The number of aromatic nitrogens is 4. The van der Waals surface area contributed by atoms with Crippen molar-refractivity contribution < 1.29 is 0 Å². The van der Waals surface area contributed by atoms with Crippen molar-refractivity contribution >= 4 is 28.6 Å². The minimum Gasteiger partial charge on any atom is -0.357 e. The Kier molecular flexibility index (Phi) is 3.47. The molecule has 17 heavy (non-hydrogen) atoms. The van der Waals surface area contributed by atoms with E-state index in [0.717, 1.165) is 24.3 Å². The maximum atomic E-state index is 5.89. The third-order valence-corrected chi connectivity index (χ3v) is 3.05. The molecule has 2 aromatic rings. The molecule has 0 saturated heterocycles. The standard InChI is InChI=1S/C11H16ClN5/c1-4-7(2)5-17(3)10-8-9(14-6-13-8)15-11(12)16-10/h6-7H,4-5H2,1-3H3,(H,13,14,15,16). The van der Waals surface area contributed by atoms with Crippen molar-refractivity contribution in [2.75, 3.05) is 18.5 Å². The van der Waals surface area contributed by atoms with Crippen LogP contribution in [0.2, 0.25) is 5.28 Å². The second-order valence-corrected chi connectivity index (χ2v) is 4.65. The van der Waals surface area contributed by atoms with Gasteiger partial charge in [-0.2, -0.15) is 9.97 Å². The van der Waals surface area contributed by atoms with Crippen molar-refractivity contribution in [1.29, 1.82) is 0 Å². The van der Waals surface area contributed by atoms with Crippen LogP contribution in [0.3, 0.4) is 0 Å². The summed E-state index contributed by atoms with van der Waals surface area (Å²) < 4.78 is 0. The van der Waals surface area contributed by atoms with E-state index < -0.39 is 0 Å². The third-order valence-electron chi connectivity index (χ3n) is 2.88. The molecule has 1 N–H and O–H groups in total. The molecular formula is C11H16ClN5.